The monoisotopic (exact) mass is 610 g/mol. The number of β-amino-alcohol motifs (C(OH)–C–C–N with tert-alkyl or cyclic N) is 1. The van der Waals surface area contributed by atoms with Gasteiger partial charge in [0.1, 0.15) is 12.0 Å². The lowest BCUT2D eigenvalue weighted by Gasteiger charge is -2.32. The first-order valence-corrected chi connectivity index (χ1v) is 15.4. The number of nitrogens with zero attached hydrogens (tertiary/aromatic N) is 5. The molecule has 13 heteroatoms. The number of anilines is 1. The Hall–Kier alpha value is -3.97. The van der Waals surface area contributed by atoms with E-state index in [4.69, 9.17) is 4.52 Å². The number of aliphatic hydroxyl groups is 1. The molecule has 3 aromatic rings. The van der Waals surface area contributed by atoms with Crippen molar-refractivity contribution in [3.05, 3.63) is 52.9 Å². The molecule has 0 saturated carbocycles. The van der Waals surface area contributed by atoms with Gasteiger partial charge < -0.3 is 34.8 Å². The lowest BCUT2D eigenvalue weighted by molar-refractivity contribution is -0.141. The molecule has 2 aliphatic rings. The van der Waals surface area contributed by atoms with Crippen molar-refractivity contribution in [2.75, 3.05) is 37.6 Å². The van der Waals surface area contributed by atoms with Crippen molar-refractivity contribution in [3.8, 4) is 10.4 Å². The van der Waals surface area contributed by atoms with Crippen LogP contribution >= 0.6 is 11.3 Å². The predicted octanol–water partition coefficient (Wildman–Crippen LogP) is 3.49. The quantitative estimate of drug-likeness (QED) is 0.348. The third-order valence-corrected chi connectivity index (χ3v) is 9.25. The Balaban J connectivity index is 1.26. The fourth-order valence-corrected chi connectivity index (χ4v) is 6.63. The van der Waals surface area contributed by atoms with Crippen molar-refractivity contribution in [1.82, 2.24) is 25.3 Å². The summed E-state index contributed by atoms with van der Waals surface area (Å²) in [5.74, 6) is -0.583. The van der Waals surface area contributed by atoms with Crippen molar-refractivity contribution in [3.63, 3.8) is 0 Å². The van der Waals surface area contributed by atoms with E-state index in [0.717, 1.165) is 21.7 Å². The topological polar surface area (TPSA) is 152 Å². The van der Waals surface area contributed by atoms with E-state index in [0.29, 0.717) is 37.8 Å². The zero-order chi connectivity index (χ0) is 30.8. The van der Waals surface area contributed by atoms with E-state index in [-0.39, 0.29) is 36.7 Å². The van der Waals surface area contributed by atoms with E-state index in [2.05, 4.69) is 15.5 Å². The summed E-state index contributed by atoms with van der Waals surface area (Å²) in [5, 5.41) is 26.9. The number of piperazine rings is 1. The number of hydrogen-bond acceptors (Lipinski definition) is 9. The average Bonchev–Trinajstić information content (AvgIpc) is 3.73. The van der Waals surface area contributed by atoms with Crippen molar-refractivity contribution < 1.29 is 29.1 Å². The van der Waals surface area contributed by atoms with Crippen LogP contribution in [0.2, 0.25) is 0 Å². The second kappa shape index (κ2) is 12.7. The third-order valence-electron chi connectivity index (χ3n) is 8.27. The fourth-order valence-electron chi connectivity index (χ4n) is 5.82. The number of carbonyl (C=O) groups is 3. The zero-order valence-corrected chi connectivity index (χ0v) is 25.6. The first-order chi connectivity index (χ1) is 20.5. The van der Waals surface area contributed by atoms with Crippen molar-refractivity contribution in [2.24, 2.45) is 5.92 Å². The van der Waals surface area contributed by atoms with Crippen LogP contribution in [-0.4, -0.2) is 92.9 Å². The minimum atomic E-state index is -0.952. The number of amides is 3. The predicted molar refractivity (Wildman–Crippen MR) is 161 cm³/mol. The van der Waals surface area contributed by atoms with Crippen molar-refractivity contribution >= 4 is 35.1 Å². The fraction of sp³-hybridized carbons (Fsp3) is 0.500. The van der Waals surface area contributed by atoms with Gasteiger partial charge in [-0.05, 0) is 30.9 Å². The molecule has 4 heterocycles. The summed E-state index contributed by atoms with van der Waals surface area (Å²) >= 11 is 1.58. The molecule has 1 aromatic carbocycles. The Bertz CT molecular complexity index is 1450. The van der Waals surface area contributed by atoms with E-state index in [1.165, 1.54) is 9.80 Å². The lowest BCUT2D eigenvalue weighted by atomic mass is 9.91. The van der Waals surface area contributed by atoms with Gasteiger partial charge in [0.05, 0.1) is 28.2 Å². The summed E-state index contributed by atoms with van der Waals surface area (Å²) in [6, 6.07) is 8.57. The van der Waals surface area contributed by atoms with Gasteiger partial charge in [0.2, 0.25) is 11.8 Å². The highest BCUT2D eigenvalue weighted by Crippen LogP contribution is 2.33. The molecule has 3 N–H and O–H groups in total. The number of rotatable bonds is 8. The molecule has 5 rings (SSSR count). The van der Waals surface area contributed by atoms with Crippen LogP contribution in [0, 0.1) is 12.8 Å². The van der Waals surface area contributed by atoms with Gasteiger partial charge >= 0.3 is 6.09 Å². The Labute approximate surface area is 254 Å². The highest BCUT2D eigenvalue weighted by molar-refractivity contribution is 7.13. The van der Waals surface area contributed by atoms with Crippen LogP contribution in [0.5, 0.6) is 0 Å². The second-order valence-electron chi connectivity index (χ2n) is 11.6. The Kier molecular flexibility index (Phi) is 9.02. The number of aliphatic hydroxyl groups excluding tert-OH is 1. The minimum absolute atomic E-state index is 0.0512. The number of aromatic nitrogens is 2. The van der Waals surface area contributed by atoms with Crippen LogP contribution in [0.4, 0.5) is 10.6 Å². The lowest BCUT2D eigenvalue weighted by Crippen LogP contribution is -2.48. The van der Waals surface area contributed by atoms with E-state index in [1.807, 2.05) is 62.4 Å². The number of benzene rings is 1. The summed E-state index contributed by atoms with van der Waals surface area (Å²) in [6.45, 7) is 9.34. The number of carboxylic acid groups (broad SMARTS) is 1. The maximum atomic E-state index is 13.9. The van der Waals surface area contributed by atoms with Gasteiger partial charge in [0.25, 0.3) is 0 Å². The van der Waals surface area contributed by atoms with Gasteiger partial charge in [-0.25, -0.2) is 9.78 Å². The Morgan fingerprint density at radius 2 is 1.79 bits per heavy atom. The summed E-state index contributed by atoms with van der Waals surface area (Å²) in [4.78, 5) is 48.8. The molecule has 4 atom stereocenters. The van der Waals surface area contributed by atoms with Gasteiger partial charge in [0.15, 0.2) is 11.6 Å². The molecule has 0 unspecified atom stereocenters. The smallest absolute Gasteiger partial charge is 0.407 e. The van der Waals surface area contributed by atoms with E-state index < -0.39 is 24.2 Å². The number of thiazole rings is 1. The van der Waals surface area contributed by atoms with Gasteiger partial charge in [0, 0.05) is 45.2 Å². The molecule has 0 bridgehead atoms. The maximum absolute atomic E-state index is 13.9. The summed E-state index contributed by atoms with van der Waals surface area (Å²) in [6.07, 6.45) is -1.62. The van der Waals surface area contributed by atoms with Crippen LogP contribution in [0.1, 0.15) is 56.2 Å². The Morgan fingerprint density at radius 3 is 2.40 bits per heavy atom. The number of aryl methyl sites for hydroxylation is 1. The molecule has 43 heavy (non-hydrogen) atoms. The molecule has 12 nitrogen and oxygen atoms in total. The van der Waals surface area contributed by atoms with Crippen molar-refractivity contribution in [2.45, 2.75) is 58.2 Å². The van der Waals surface area contributed by atoms with Crippen LogP contribution in [-0.2, 0) is 9.59 Å². The maximum Gasteiger partial charge on any atom is 0.407 e. The summed E-state index contributed by atoms with van der Waals surface area (Å²) in [7, 11) is 0. The molecule has 2 aliphatic heterocycles. The van der Waals surface area contributed by atoms with Gasteiger partial charge in [-0.3, -0.25) is 9.59 Å². The van der Waals surface area contributed by atoms with Gasteiger partial charge in [-0.15, -0.1) is 11.3 Å². The third kappa shape index (κ3) is 6.52. The molecule has 0 radical (unpaired) electrons. The number of nitrogens with one attached hydrogen (secondary N) is 1. The van der Waals surface area contributed by atoms with Crippen LogP contribution in [0.3, 0.4) is 0 Å². The van der Waals surface area contributed by atoms with Crippen molar-refractivity contribution in [1.29, 1.82) is 0 Å². The minimum Gasteiger partial charge on any atom is -0.465 e. The SMILES string of the molecule is Cc1ncsc1-c1ccc([C@H](C)NC(=O)[C@@H]2C[C@@H](O)CN2C(=O)[C@H](c2cc(N3CCN(C(=O)O)CC3)no2)C(C)C)cc1. The number of likely N-dealkylation sites (tertiary alicyclic amines) is 1. The first-order valence-electron chi connectivity index (χ1n) is 14.5. The molecule has 2 fully saturated rings. The highest BCUT2D eigenvalue weighted by atomic mass is 32.1. The molecule has 3 amide bonds. The van der Waals surface area contributed by atoms with Gasteiger partial charge in [-0.1, -0.05) is 43.3 Å². The highest BCUT2D eigenvalue weighted by Gasteiger charge is 2.43. The Morgan fingerprint density at radius 1 is 1.09 bits per heavy atom. The molecule has 0 spiro atoms. The second-order valence-corrected chi connectivity index (χ2v) is 12.4. The van der Waals surface area contributed by atoms with E-state index in [9.17, 15) is 24.6 Å². The van der Waals surface area contributed by atoms with Gasteiger partial charge in [-0.2, -0.15) is 0 Å². The standard InChI is InChI=1S/C30H38N6O6S/c1-17(2)26(24-14-25(33-42-24)34-9-11-35(12-10-34)30(40)41)29(39)36-15-22(37)13-23(36)28(38)32-18(3)20-5-7-21(8-6-20)27-19(4)31-16-43-27/h5-8,14,16-18,22-23,26,37H,9-13,15H2,1-4H3,(H,32,38)(H,40,41)/t18-,22+,23-,26-/m0/s1. The summed E-state index contributed by atoms with van der Waals surface area (Å²) < 4.78 is 5.65. The normalized spacial score (nSPS) is 20.4. The molecule has 0 aliphatic carbocycles. The average molecular weight is 611 g/mol. The van der Waals surface area contributed by atoms with E-state index in [1.54, 1.807) is 17.4 Å². The molecular weight excluding hydrogens is 572 g/mol. The number of hydrogen-bond donors (Lipinski definition) is 3. The first kappa shape index (κ1) is 30.5. The van der Waals surface area contributed by atoms with Crippen LogP contribution in [0.15, 0.2) is 40.4 Å². The molecule has 2 aromatic heterocycles. The molecule has 2 saturated heterocycles. The van der Waals surface area contributed by atoms with Crippen LogP contribution < -0.4 is 10.2 Å². The van der Waals surface area contributed by atoms with Crippen LogP contribution in [0.25, 0.3) is 10.4 Å². The molecule has 230 valence electrons. The largest absolute Gasteiger partial charge is 0.465 e. The summed E-state index contributed by atoms with van der Waals surface area (Å²) in [5.41, 5.74) is 4.79. The zero-order valence-electron chi connectivity index (χ0n) is 24.8. The molecular formula is C30H38N6O6S. The van der Waals surface area contributed by atoms with E-state index >= 15 is 0 Å². The number of carbonyl (C=O) groups excluding carboxylic acids is 2.